The summed E-state index contributed by atoms with van der Waals surface area (Å²) in [6.45, 7) is 3.77. The average Bonchev–Trinajstić information content (AvgIpc) is 1.30. The van der Waals surface area contributed by atoms with Gasteiger partial charge in [0.1, 0.15) is 0 Å². The Hall–Kier alpha value is -0.420. The quantitative estimate of drug-likeness (QED) is 0.174. The molecule has 0 radical (unpaired) electrons. The largest absolute Gasteiger partial charge is 0.152 e. The lowest BCUT2D eigenvalue weighted by molar-refractivity contribution is -0.958. The lowest BCUT2D eigenvalue weighted by atomic mass is 10.6. The molecule has 6 N–H and O–H groups in total. The van der Waals surface area contributed by atoms with Gasteiger partial charge in [-0.25, -0.2) is 0 Å². The van der Waals surface area contributed by atoms with Gasteiger partial charge in [-0.3, -0.25) is 0 Å². The summed E-state index contributed by atoms with van der Waals surface area (Å²) in [5, 5.41) is 0. The van der Waals surface area contributed by atoms with Crippen LogP contribution in [-0.2, 0) is 0 Å². The van der Waals surface area contributed by atoms with Gasteiger partial charge in [-0.1, -0.05) is 6.58 Å². The first-order valence-corrected chi connectivity index (χ1v) is 1.91. The molecule has 0 aliphatic rings. The molecule has 0 bridgehead atoms. The summed E-state index contributed by atoms with van der Waals surface area (Å²) in [6, 6.07) is 0. The summed E-state index contributed by atoms with van der Waals surface area (Å²) in [5.41, 5.74) is 0. The third-order valence-electron chi connectivity index (χ3n) is 0.445. The SMILES string of the molecule is C=CC[N+](N)(N)N. The molecule has 0 heterocycles. The number of rotatable bonds is 2. The fourth-order valence-electron chi connectivity index (χ4n) is 0.224. The molecule has 0 saturated carbocycles. The van der Waals surface area contributed by atoms with Crippen molar-refractivity contribution >= 4 is 0 Å². The molecular formula is C3H11N4+. The van der Waals surface area contributed by atoms with Gasteiger partial charge in [-0.05, 0) is 6.08 Å². The van der Waals surface area contributed by atoms with Crippen molar-refractivity contribution in [3.63, 3.8) is 0 Å². The number of nitrogens with two attached hydrogens (primary N) is 3. The molecule has 4 nitrogen and oxygen atoms in total. The maximum atomic E-state index is 5.07. The summed E-state index contributed by atoms with van der Waals surface area (Å²) in [4.78, 5) is -0.524. The molecule has 0 fully saturated rings. The van der Waals surface area contributed by atoms with Crippen LogP contribution in [0.1, 0.15) is 0 Å². The summed E-state index contributed by atoms with van der Waals surface area (Å²) in [6.07, 6.45) is 1.56. The Morgan fingerprint density at radius 3 is 1.86 bits per heavy atom. The van der Waals surface area contributed by atoms with Gasteiger partial charge in [0, 0.05) is 0 Å². The van der Waals surface area contributed by atoms with Crippen molar-refractivity contribution in [2.45, 2.75) is 0 Å². The molecule has 0 aliphatic heterocycles. The Morgan fingerprint density at radius 2 is 1.86 bits per heavy atom. The smallest absolute Gasteiger partial charge is 0.141 e. The van der Waals surface area contributed by atoms with E-state index >= 15 is 0 Å². The first-order chi connectivity index (χ1) is 3.06. The molecule has 0 aliphatic carbocycles. The lowest BCUT2D eigenvalue weighted by Gasteiger charge is -2.15. The predicted molar refractivity (Wildman–Crippen MR) is 27.9 cm³/mol. The Bertz CT molecular complexity index is 61.8. The molecule has 0 spiro atoms. The van der Waals surface area contributed by atoms with E-state index in [9.17, 15) is 0 Å². The highest BCUT2D eigenvalue weighted by molar-refractivity contribution is 4.62. The van der Waals surface area contributed by atoms with Crippen LogP contribution in [0, 0.1) is 0 Å². The third kappa shape index (κ3) is 5.58. The summed E-state index contributed by atoms with van der Waals surface area (Å²) in [7, 11) is 0. The van der Waals surface area contributed by atoms with Gasteiger partial charge in [0.2, 0.25) is 0 Å². The minimum atomic E-state index is -0.524. The van der Waals surface area contributed by atoms with Crippen LogP contribution in [0.4, 0.5) is 0 Å². The second kappa shape index (κ2) is 2.04. The van der Waals surface area contributed by atoms with Gasteiger partial charge in [0.05, 0.1) is 0 Å². The average molecular weight is 103 g/mol. The van der Waals surface area contributed by atoms with Crippen molar-refractivity contribution in [3.8, 4) is 0 Å². The number of hydrogen-bond donors (Lipinski definition) is 3. The minimum absolute atomic E-state index is 0.375. The number of hydrogen-bond acceptors (Lipinski definition) is 3. The van der Waals surface area contributed by atoms with Gasteiger partial charge in [0.15, 0.2) is 6.54 Å². The molecule has 0 atom stereocenters. The second-order valence-electron chi connectivity index (χ2n) is 1.47. The number of quaternary nitrogens is 1. The van der Waals surface area contributed by atoms with E-state index in [0.717, 1.165) is 0 Å². The van der Waals surface area contributed by atoms with Gasteiger partial charge < -0.3 is 0 Å². The first-order valence-electron chi connectivity index (χ1n) is 1.91. The highest BCUT2D eigenvalue weighted by atomic mass is 15.9. The highest BCUT2D eigenvalue weighted by Gasteiger charge is 2.03. The van der Waals surface area contributed by atoms with Crippen LogP contribution >= 0.6 is 0 Å². The molecule has 0 saturated heterocycles. The summed E-state index contributed by atoms with van der Waals surface area (Å²) >= 11 is 0. The highest BCUT2D eigenvalue weighted by Crippen LogP contribution is 1.70. The molecular weight excluding hydrogens is 92.1 g/mol. The molecule has 0 amide bonds. The molecule has 0 aromatic heterocycles. The van der Waals surface area contributed by atoms with E-state index < -0.39 is 4.81 Å². The Labute approximate surface area is 42.7 Å². The first kappa shape index (κ1) is 6.58. The monoisotopic (exact) mass is 103 g/mol. The van der Waals surface area contributed by atoms with Crippen LogP contribution in [-0.4, -0.2) is 11.4 Å². The Kier molecular flexibility index (Phi) is 1.91. The zero-order chi connectivity index (χ0) is 5.91. The maximum Gasteiger partial charge on any atom is 0.152 e. The van der Waals surface area contributed by atoms with Crippen LogP contribution in [0.25, 0.3) is 0 Å². The summed E-state index contributed by atoms with van der Waals surface area (Å²) < 4.78 is 0. The van der Waals surface area contributed by atoms with Gasteiger partial charge in [-0.15, -0.1) is 22.3 Å². The zero-order valence-electron chi connectivity index (χ0n) is 4.17. The van der Waals surface area contributed by atoms with Crippen LogP contribution in [0.3, 0.4) is 0 Å². The molecule has 0 unspecified atom stereocenters. The second-order valence-corrected chi connectivity index (χ2v) is 1.47. The van der Waals surface area contributed by atoms with E-state index in [4.69, 9.17) is 17.5 Å². The van der Waals surface area contributed by atoms with E-state index in [1.165, 1.54) is 0 Å². The minimum Gasteiger partial charge on any atom is -0.141 e. The van der Waals surface area contributed by atoms with E-state index in [1.54, 1.807) is 6.08 Å². The van der Waals surface area contributed by atoms with Crippen molar-refractivity contribution in [1.29, 1.82) is 0 Å². The van der Waals surface area contributed by atoms with E-state index in [2.05, 4.69) is 6.58 Å². The molecule has 4 heteroatoms. The predicted octanol–water partition coefficient (Wildman–Crippen LogP) is -1.39. The van der Waals surface area contributed by atoms with Crippen LogP contribution in [0.5, 0.6) is 0 Å². The molecule has 42 valence electrons. The van der Waals surface area contributed by atoms with Crippen LogP contribution in [0.2, 0.25) is 0 Å². The van der Waals surface area contributed by atoms with Crippen LogP contribution in [0.15, 0.2) is 12.7 Å². The van der Waals surface area contributed by atoms with E-state index in [0.29, 0.717) is 6.54 Å². The lowest BCUT2D eigenvalue weighted by Crippen LogP contribution is -2.65. The van der Waals surface area contributed by atoms with Gasteiger partial charge in [0.25, 0.3) is 0 Å². The number of nitrogens with zero attached hydrogens (tertiary/aromatic N) is 1. The van der Waals surface area contributed by atoms with Crippen molar-refractivity contribution in [2.24, 2.45) is 17.5 Å². The molecule has 7 heavy (non-hydrogen) atoms. The Balaban J connectivity index is 3.34. The topological polar surface area (TPSA) is 78.1 Å². The maximum absolute atomic E-state index is 5.07. The summed E-state index contributed by atoms with van der Waals surface area (Å²) in [5.74, 6) is 15.2. The van der Waals surface area contributed by atoms with Gasteiger partial charge in [-0.2, -0.15) is 0 Å². The Morgan fingerprint density at radius 1 is 1.43 bits per heavy atom. The third-order valence-corrected chi connectivity index (χ3v) is 0.445. The fraction of sp³-hybridized carbons (Fsp3) is 0.333. The van der Waals surface area contributed by atoms with E-state index in [-0.39, 0.29) is 0 Å². The van der Waals surface area contributed by atoms with Crippen molar-refractivity contribution in [2.75, 3.05) is 6.54 Å². The van der Waals surface area contributed by atoms with Gasteiger partial charge >= 0.3 is 0 Å². The van der Waals surface area contributed by atoms with E-state index in [1.807, 2.05) is 0 Å². The normalized spacial score (nSPS) is 11.3. The standard InChI is InChI=1S/C3H11N4/c1-2-3-7(4,5)6/h2H,1,3-6H2/q+1. The van der Waals surface area contributed by atoms with Crippen molar-refractivity contribution < 1.29 is 4.81 Å². The molecule has 0 aromatic carbocycles. The van der Waals surface area contributed by atoms with Crippen molar-refractivity contribution in [1.82, 2.24) is 0 Å². The zero-order valence-corrected chi connectivity index (χ0v) is 4.17. The molecule has 0 aromatic rings. The van der Waals surface area contributed by atoms with Crippen LogP contribution < -0.4 is 17.5 Å². The fourth-order valence-corrected chi connectivity index (χ4v) is 0.224. The molecule has 0 rings (SSSR count). The van der Waals surface area contributed by atoms with Crippen molar-refractivity contribution in [3.05, 3.63) is 12.7 Å².